The number of amides is 3. The van der Waals surface area contributed by atoms with Gasteiger partial charge in [0.25, 0.3) is 0 Å². The molecular weight excluding hydrogens is 565 g/mol. The average molecular weight is 586 g/mol. The minimum absolute atomic E-state index is 0.267. The number of nitrogens with zero attached hydrogens (tertiary/aromatic N) is 2. The highest BCUT2D eigenvalue weighted by Gasteiger charge is 2.57. The number of nitrogens with one attached hydrogen (secondary N) is 1. The van der Waals surface area contributed by atoms with Crippen molar-refractivity contribution in [1.29, 1.82) is 0 Å². The Hall–Kier alpha value is -4.48. The number of furan rings is 1. The van der Waals surface area contributed by atoms with Crippen molar-refractivity contribution < 1.29 is 23.2 Å². The summed E-state index contributed by atoms with van der Waals surface area (Å²) in [6.45, 7) is -0.267. The van der Waals surface area contributed by atoms with E-state index in [0.717, 1.165) is 38.8 Å². The first-order valence-corrected chi connectivity index (χ1v) is 14.4. The summed E-state index contributed by atoms with van der Waals surface area (Å²) in [5, 5.41) is 4.46. The van der Waals surface area contributed by atoms with E-state index in [0.29, 0.717) is 21.4 Å². The summed E-state index contributed by atoms with van der Waals surface area (Å²) in [5.74, 6) is -2.90. The Kier molecular flexibility index (Phi) is 6.13. The van der Waals surface area contributed by atoms with Gasteiger partial charge in [0, 0.05) is 5.69 Å². The van der Waals surface area contributed by atoms with Gasteiger partial charge >= 0.3 is 4.87 Å². The summed E-state index contributed by atoms with van der Waals surface area (Å²) in [7, 11) is 0. The molecule has 2 unspecified atom stereocenters. The monoisotopic (exact) mass is 585 g/mol. The van der Waals surface area contributed by atoms with Crippen molar-refractivity contribution in [3.8, 4) is 0 Å². The van der Waals surface area contributed by atoms with E-state index in [9.17, 15) is 23.6 Å². The highest BCUT2D eigenvalue weighted by molar-refractivity contribution is 8.00. The number of aromatic nitrogens is 1. The van der Waals surface area contributed by atoms with Crippen LogP contribution in [0.3, 0.4) is 0 Å². The summed E-state index contributed by atoms with van der Waals surface area (Å²) in [6, 6.07) is 21.9. The van der Waals surface area contributed by atoms with Crippen LogP contribution in [0.25, 0.3) is 10.8 Å². The van der Waals surface area contributed by atoms with Crippen molar-refractivity contribution in [1.82, 2.24) is 4.57 Å². The highest BCUT2D eigenvalue weighted by Crippen LogP contribution is 2.53. The van der Waals surface area contributed by atoms with Gasteiger partial charge in [-0.1, -0.05) is 53.4 Å². The molecule has 0 saturated carbocycles. The number of thiazole rings is 1. The van der Waals surface area contributed by atoms with Crippen LogP contribution in [-0.2, 0) is 20.9 Å². The lowest BCUT2D eigenvalue weighted by molar-refractivity contribution is -0.122. The molecule has 1 N–H and O–H groups in total. The molecule has 3 atom stereocenters. The second kappa shape index (κ2) is 9.86. The molecule has 2 aliphatic heterocycles. The summed E-state index contributed by atoms with van der Waals surface area (Å²) < 4.78 is 20.6. The van der Waals surface area contributed by atoms with Crippen molar-refractivity contribution in [2.75, 3.05) is 10.2 Å². The SMILES string of the molecule is O=C(Cn1c2c(sc1=O)[C@H](c1ccco1)C1C(=O)N(c3ccc(F)cc3)C(=O)C1S2)Nc1ccc2ccccc2c1. The maximum atomic E-state index is 13.7. The molecule has 4 heterocycles. The maximum absolute atomic E-state index is 13.7. The first-order valence-electron chi connectivity index (χ1n) is 12.7. The molecule has 2 aromatic heterocycles. The molecule has 8 nitrogen and oxygen atoms in total. The van der Waals surface area contributed by atoms with E-state index >= 15 is 0 Å². The summed E-state index contributed by atoms with van der Waals surface area (Å²) in [6.07, 6.45) is 1.47. The van der Waals surface area contributed by atoms with Crippen molar-refractivity contribution in [2.45, 2.75) is 22.7 Å². The van der Waals surface area contributed by atoms with Crippen molar-refractivity contribution in [2.24, 2.45) is 5.92 Å². The van der Waals surface area contributed by atoms with Crippen LogP contribution in [0, 0.1) is 11.7 Å². The third kappa shape index (κ3) is 4.28. The highest BCUT2D eigenvalue weighted by atomic mass is 32.2. The molecule has 1 fully saturated rings. The van der Waals surface area contributed by atoms with E-state index in [1.165, 1.54) is 35.1 Å². The lowest BCUT2D eigenvalue weighted by atomic mass is 9.87. The quantitative estimate of drug-likeness (QED) is 0.284. The minimum atomic E-state index is -0.862. The molecule has 1 saturated heterocycles. The molecule has 3 aromatic carbocycles. The standard InChI is InChI=1S/C30H20FN3O5S2/c31-18-8-11-20(12-9-18)34-27(36)24-23(21-6-3-13-39-21)26-29(40-25(24)28(34)37)33(30(38)41-26)15-22(35)32-19-10-7-16-4-1-2-5-17(16)14-19/h1-14,23-25H,15H2,(H,32,35)/t23-,24?,25?/m1/s1. The molecule has 11 heteroatoms. The van der Waals surface area contributed by atoms with Gasteiger partial charge in [-0.05, 0) is 59.3 Å². The summed E-state index contributed by atoms with van der Waals surface area (Å²) in [5.41, 5.74) is 0.864. The molecule has 0 aliphatic carbocycles. The van der Waals surface area contributed by atoms with Crippen LogP contribution in [0.1, 0.15) is 16.6 Å². The number of rotatable bonds is 5. The predicted octanol–water partition coefficient (Wildman–Crippen LogP) is 5.23. The third-order valence-corrected chi connectivity index (χ3v) is 9.92. The minimum Gasteiger partial charge on any atom is -0.469 e. The summed E-state index contributed by atoms with van der Waals surface area (Å²) >= 11 is 2.04. The summed E-state index contributed by atoms with van der Waals surface area (Å²) in [4.78, 5) is 55.0. The average Bonchev–Trinajstić information content (AvgIpc) is 3.66. The zero-order valence-corrected chi connectivity index (χ0v) is 22.8. The Morgan fingerprint density at radius 1 is 0.927 bits per heavy atom. The van der Waals surface area contributed by atoms with Gasteiger partial charge in [-0.15, -0.1) is 0 Å². The van der Waals surface area contributed by atoms with Crippen LogP contribution in [0.15, 0.2) is 99.4 Å². The topological polar surface area (TPSA) is 102 Å². The van der Waals surface area contributed by atoms with Crippen molar-refractivity contribution in [3.05, 3.63) is 111 Å². The van der Waals surface area contributed by atoms with Gasteiger partial charge in [0.1, 0.15) is 23.4 Å². The number of fused-ring (bicyclic) bond motifs is 3. The Morgan fingerprint density at radius 3 is 2.46 bits per heavy atom. The molecule has 0 bridgehead atoms. The van der Waals surface area contributed by atoms with Crippen molar-refractivity contribution >= 4 is 63.0 Å². The van der Waals surface area contributed by atoms with E-state index in [1.54, 1.807) is 18.2 Å². The smallest absolute Gasteiger partial charge is 0.308 e. The largest absolute Gasteiger partial charge is 0.469 e. The van der Waals surface area contributed by atoms with Crippen LogP contribution in [0.5, 0.6) is 0 Å². The van der Waals surface area contributed by atoms with E-state index in [4.69, 9.17) is 4.42 Å². The normalized spacial score (nSPS) is 19.8. The number of halogens is 1. The number of benzene rings is 3. The molecule has 3 amide bonds. The van der Waals surface area contributed by atoms with Gasteiger partial charge in [0.05, 0.1) is 33.7 Å². The fourth-order valence-electron chi connectivity index (χ4n) is 5.49. The molecule has 5 aromatic rings. The van der Waals surface area contributed by atoms with E-state index < -0.39 is 40.6 Å². The number of anilines is 2. The van der Waals surface area contributed by atoms with Gasteiger partial charge in [-0.2, -0.15) is 0 Å². The second-order valence-electron chi connectivity index (χ2n) is 9.78. The number of hydrogen-bond donors (Lipinski definition) is 1. The van der Waals surface area contributed by atoms with Crippen LogP contribution >= 0.6 is 23.1 Å². The van der Waals surface area contributed by atoms with E-state index in [2.05, 4.69) is 5.32 Å². The molecule has 7 rings (SSSR count). The van der Waals surface area contributed by atoms with Gasteiger partial charge < -0.3 is 9.73 Å². The molecule has 0 spiro atoms. The fourth-order valence-corrected chi connectivity index (χ4v) is 8.24. The molecule has 41 heavy (non-hydrogen) atoms. The maximum Gasteiger partial charge on any atom is 0.308 e. The van der Waals surface area contributed by atoms with Gasteiger partial charge in [0.15, 0.2) is 0 Å². The number of thioether (sulfide) groups is 1. The zero-order valence-electron chi connectivity index (χ0n) is 21.2. The van der Waals surface area contributed by atoms with E-state index in [-0.39, 0.29) is 17.1 Å². The fraction of sp³-hybridized carbons (Fsp3) is 0.133. The van der Waals surface area contributed by atoms with Crippen molar-refractivity contribution in [3.63, 3.8) is 0 Å². The first-order chi connectivity index (χ1) is 19.9. The van der Waals surface area contributed by atoms with Gasteiger partial charge in [0.2, 0.25) is 17.7 Å². The van der Waals surface area contributed by atoms with Gasteiger partial charge in [-0.25, -0.2) is 9.29 Å². The lowest BCUT2D eigenvalue weighted by Gasteiger charge is -2.29. The Bertz CT molecular complexity index is 1900. The Labute approximate surface area is 240 Å². The Balaban J connectivity index is 1.23. The molecule has 0 radical (unpaired) electrons. The van der Waals surface area contributed by atoms with Crippen LogP contribution in [0.4, 0.5) is 15.8 Å². The van der Waals surface area contributed by atoms with Crippen LogP contribution < -0.4 is 15.1 Å². The van der Waals surface area contributed by atoms with Crippen LogP contribution in [-0.4, -0.2) is 27.5 Å². The van der Waals surface area contributed by atoms with Gasteiger partial charge in [-0.3, -0.25) is 23.7 Å². The number of hydrogen-bond acceptors (Lipinski definition) is 7. The molecular formula is C30H20FN3O5S2. The number of carbonyl (C=O) groups excluding carboxylic acids is 3. The zero-order chi connectivity index (χ0) is 28.2. The second-order valence-corrected chi connectivity index (χ2v) is 11.9. The molecule has 204 valence electrons. The lowest BCUT2D eigenvalue weighted by Crippen LogP contribution is -2.32. The third-order valence-electron chi connectivity index (χ3n) is 7.32. The van der Waals surface area contributed by atoms with Crippen LogP contribution in [0.2, 0.25) is 0 Å². The van der Waals surface area contributed by atoms with E-state index in [1.807, 2.05) is 36.4 Å². The first kappa shape index (κ1) is 25.5. The number of carbonyl (C=O) groups is 3. The number of imide groups is 1. The predicted molar refractivity (Wildman–Crippen MR) is 154 cm³/mol. The molecule has 2 aliphatic rings. The Morgan fingerprint density at radius 2 is 1.71 bits per heavy atom.